The van der Waals surface area contributed by atoms with Gasteiger partial charge in [-0.15, -0.1) is 0 Å². The van der Waals surface area contributed by atoms with E-state index in [4.69, 9.17) is 5.11 Å². The molecule has 1 heterocycles. The van der Waals surface area contributed by atoms with E-state index in [-0.39, 0.29) is 0 Å². The van der Waals surface area contributed by atoms with E-state index in [0.717, 1.165) is 19.2 Å². The molecule has 1 N–H and O–H groups in total. The van der Waals surface area contributed by atoms with Crippen LogP contribution < -0.4 is 4.74 Å². The van der Waals surface area contributed by atoms with Crippen molar-refractivity contribution in [2.24, 2.45) is 0 Å². The van der Waals surface area contributed by atoms with Gasteiger partial charge in [0, 0.05) is 10.7 Å². The monoisotopic (exact) mass is 313 g/mol. The Balaban J connectivity index is 3.03. The Morgan fingerprint density at radius 3 is 2.65 bits per heavy atom. The molecule has 0 aliphatic carbocycles. The summed E-state index contributed by atoms with van der Waals surface area (Å²) in [5.74, 6) is -1.98. The lowest BCUT2D eigenvalue weighted by atomic mass is 10.3. The summed E-state index contributed by atoms with van der Waals surface area (Å²) in [6, 6.07) is 1.12. The molecule has 1 atom stereocenters. The summed E-state index contributed by atoms with van der Waals surface area (Å²) in [6.07, 6.45) is -5.55. The average molecular weight is 314 g/mol. The molecule has 0 amide bonds. The molecule has 1 unspecified atom stereocenters. The van der Waals surface area contributed by atoms with Crippen molar-refractivity contribution in [1.82, 2.24) is 4.98 Å². The second-order valence-corrected chi connectivity index (χ2v) is 4.03. The third-order valence-corrected chi connectivity index (χ3v) is 2.23. The van der Waals surface area contributed by atoms with Crippen LogP contribution in [0, 0.1) is 0 Å². The van der Waals surface area contributed by atoms with Gasteiger partial charge in [-0.05, 0) is 28.9 Å². The number of alkyl halides is 3. The quantitative estimate of drug-likeness (QED) is 0.932. The molecule has 1 aromatic rings. The van der Waals surface area contributed by atoms with Gasteiger partial charge in [0.25, 0.3) is 0 Å². The molecule has 94 valence electrons. The van der Waals surface area contributed by atoms with Crippen molar-refractivity contribution < 1.29 is 27.8 Å². The minimum Gasteiger partial charge on any atom is -0.477 e. The number of aromatic nitrogens is 1. The number of halogens is 4. The van der Waals surface area contributed by atoms with Gasteiger partial charge in [-0.2, -0.15) is 13.2 Å². The van der Waals surface area contributed by atoms with E-state index < -0.39 is 29.7 Å². The topological polar surface area (TPSA) is 59.4 Å². The number of aromatic carboxylic acids is 1. The highest BCUT2D eigenvalue weighted by Gasteiger charge is 2.39. The number of pyridine rings is 1. The summed E-state index contributed by atoms with van der Waals surface area (Å²) in [5, 5.41) is 8.78. The summed E-state index contributed by atoms with van der Waals surface area (Å²) >= 11 is 2.97. The van der Waals surface area contributed by atoms with Crippen molar-refractivity contribution in [2.45, 2.75) is 19.2 Å². The van der Waals surface area contributed by atoms with E-state index in [9.17, 15) is 18.0 Å². The number of carboxylic acids is 1. The first-order chi connectivity index (χ1) is 7.71. The van der Waals surface area contributed by atoms with Crippen LogP contribution in [0.3, 0.4) is 0 Å². The molecule has 0 bridgehead atoms. The molecular weight excluding hydrogens is 307 g/mol. The van der Waals surface area contributed by atoms with Crippen LogP contribution in [-0.4, -0.2) is 28.3 Å². The van der Waals surface area contributed by atoms with E-state index >= 15 is 0 Å². The lowest BCUT2D eigenvalue weighted by Gasteiger charge is -2.17. The maximum Gasteiger partial charge on any atom is 0.425 e. The number of hydrogen-bond donors (Lipinski definition) is 1. The van der Waals surface area contributed by atoms with Crippen LogP contribution in [0.15, 0.2) is 16.7 Å². The van der Waals surface area contributed by atoms with Crippen LogP contribution in [0.2, 0.25) is 0 Å². The molecule has 0 fully saturated rings. The molecule has 17 heavy (non-hydrogen) atoms. The molecular formula is C9H7BrF3NO3. The molecule has 0 aliphatic heterocycles. The van der Waals surface area contributed by atoms with E-state index in [1.165, 1.54) is 0 Å². The Labute approximate surface area is 103 Å². The predicted octanol–water partition coefficient (Wildman–Crippen LogP) is 2.87. The Bertz CT molecular complexity index is 436. The van der Waals surface area contributed by atoms with Gasteiger partial charge in [-0.3, -0.25) is 0 Å². The molecule has 1 aromatic heterocycles. The number of carboxylic acid groups (broad SMARTS) is 1. The Kier molecular flexibility index (Phi) is 3.97. The molecule has 0 saturated carbocycles. The van der Waals surface area contributed by atoms with Gasteiger partial charge in [-0.1, -0.05) is 0 Å². The third-order valence-electron chi connectivity index (χ3n) is 1.80. The van der Waals surface area contributed by atoms with Crippen molar-refractivity contribution in [2.75, 3.05) is 0 Å². The summed E-state index contributed by atoms with van der Waals surface area (Å²) in [7, 11) is 0. The largest absolute Gasteiger partial charge is 0.477 e. The fourth-order valence-corrected chi connectivity index (χ4v) is 1.24. The highest BCUT2D eigenvalue weighted by molar-refractivity contribution is 9.10. The zero-order valence-corrected chi connectivity index (χ0v) is 10.0. The Morgan fingerprint density at radius 1 is 1.59 bits per heavy atom. The van der Waals surface area contributed by atoms with E-state index in [2.05, 4.69) is 25.7 Å². The van der Waals surface area contributed by atoms with Gasteiger partial charge in [-0.25, -0.2) is 9.78 Å². The molecule has 1 rings (SSSR count). The summed E-state index contributed by atoms with van der Waals surface area (Å²) in [4.78, 5) is 14.3. The second kappa shape index (κ2) is 4.91. The first-order valence-corrected chi connectivity index (χ1v) is 5.13. The number of nitrogens with zero attached hydrogens (tertiary/aromatic N) is 1. The smallest absolute Gasteiger partial charge is 0.425 e. The normalized spacial score (nSPS) is 13.2. The van der Waals surface area contributed by atoms with Crippen LogP contribution in [0.1, 0.15) is 17.3 Å². The number of ether oxygens (including phenoxy) is 1. The first-order valence-electron chi connectivity index (χ1n) is 4.34. The van der Waals surface area contributed by atoms with Crippen molar-refractivity contribution >= 4 is 21.9 Å². The number of carbonyl (C=O) groups is 1. The van der Waals surface area contributed by atoms with Crippen molar-refractivity contribution in [3.05, 3.63) is 22.3 Å². The van der Waals surface area contributed by atoms with Gasteiger partial charge in [0.05, 0.1) is 0 Å². The third kappa shape index (κ3) is 3.58. The van der Waals surface area contributed by atoms with E-state index in [1.54, 1.807) is 0 Å². The molecule has 0 aromatic carbocycles. The minimum absolute atomic E-state index is 0.335. The highest BCUT2D eigenvalue weighted by Crippen LogP contribution is 2.27. The van der Waals surface area contributed by atoms with Gasteiger partial charge in [0.15, 0.2) is 6.10 Å². The second-order valence-electron chi connectivity index (χ2n) is 3.11. The van der Waals surface area contributed by atoms with Gasteiger partial charge in [0.2, 0.25) is 5.88 Å². The van der Waals surface area contributed by atoms with Gasteiger partial charge in [0.1, 0.15) is 5.56 Å². The van der Waals surface area contributed by atoms with Gasteiger partial charge < -0.3 is 9.84 Å². The fraction of sp³-hybridized carbons (Fsp3) is 0.333. The van der Waals surface area contributed by atoms with E-state index in [1.807, 2.05) is 0 Å². The zero-order valence-electron chi connectivity index (χ0n) is 8.45. The number of hydrogen-bond acceptors (Lipinski definition) is 3. The van der Waals surface area contributed by atoms with Crippen molar-refractivity contribution in [3.63, 3.8) is 0 Å². The van der Waals surface area contributed by atoms with Crippen LogP contribution in [0.25, 0.3) is 0 Å². The predicted molar refractivity (Wildman–Crippen MR) is 55.0 cm³/mol. The van der Waals surface area contributed by atoms with Crippen LogP contribution in [0.5, 0.6) is 5.88 Å². The Hall–Kier alpha value is -1.31. The Morgan fingerprint density at radius 2 is 2.18 bits per heavy atom. The van der Waals surface area contributed by atoms with Crippen molar-refractivity contribution in [1.29, 1.82) is 0 Å². The summed E-state index contributed by atoms with van der Waals surface area (Å²) in [5.41, 5.74) is -0.435. The average Bonchev–Trinajstić information content (AvgIpc) is 2.18. The first kappa shape index (κ1) is 13.8. The van der Waals surface area contributed by atoms with Gasteiger partial charge >= 0.3 is 12.1 Å². The van der Waals surface area contributed by atoms with Crippen LogP contribution in [-0.2, 0) is 0 Å². The van der Waals surface area contributed by atoms with Crippen LogP contribution >= 0.6 is 15.9 Å². The molecule has 4 nitrogen and oxygen atoms in total. The fourth-order valence-electron chi connectivity index (χ4n) is 0.908. The molecule has 8 heteroatoms. The lowest BCUT2D eigenvalue weighted by Crippen LogP contribution is -2.32. The minimum atomic E-state index is -4.58. The molecule has 0 radical (unpaired) electrons. The van der Waals surface area contributed by atoms with Crippen molar-refractivity contribution in [3.8, 4) is 5.88 Å². The lowest BCUT2D eigenvalue weighted by molar-refractivity contribution is -0.190. The molecule has 0 spiro atoms. The molecule has 0 saturated heterocycles. The maximum atomic E-state index is 12.2. The maximum absolute atomic E-state index is 12.2. The van der Waals surface area contributed by atoms with Crippen LogP contribution in [0.4, 0.5) is 13.2 Å². The summed E-state index contributed by atoms with van der Waals surface area (Å²) < 4.78 is 41.5. The van der Waals surface area contributed by atoms with E-state index in [0.29, 0.717) is 4.47 Å². The number of rotatable bonds is 3. The SMILES string of the molecule is CC(Oc1ncc(Br)cc1C(=O)O)C(F)(F)F. The highest BCUT2D eigenvalue weighted by atomic mass is 79.9. The summed E-state index contributed by atoms with van der Waals surface area (Å²) in [6.45, 7) is 0.773. The standard InChI is InChI=1S/C9H7BrF3NO3/c1-4(9(11,12)13)17-7-6(8(15)16)2-5(10)3-14-7/h2-4H,1H3,(H,15,16). The zero-order chi connectivity index (χ0) is 13.2. The molecule has 0 aliphatic rings.